The van der Waals surface area contributed by atoms with Crippen LogP contribution in [-0.4, -0.2) is 47.2 Å². The third-order valence-electron chi connectivity index (χ3n) is 5.04. The number of hydrogen-bond acceptors (Lipinski definition) is 2. The molecule has 3 rings (SSSR count). The van der Waals surface area contributed by atoms with E-state index in [9.17, 15) is 9.90 Å². The zero-order valence-electron chi connectivity index (χ0n) is 14.5. The number of rotatable bonds is 4. The zero-order valence-corrected chi connectivity index (χ0v) is 15.3. The van der Waals surface area contributed by atoms with Gasteiger partial charge in [0, 0.05) is 37.6 Å². The fourth-order valence-electron chi connectivity index (χ4n) is 3.54. The zero-order chi connectivity index (χ0) is 18.0. The van der Waals surface area contributed by atoms with Crippen molar-refractivity contribution in [2.75, 3.05) is 20.1 Å². The van der Waals surface area contributed by atoms with Gasteiger partial charge in [0.05, 0.1) is 6.04 Å². The van der Waals surface area contributed by atoms with E-state index in [1.165, 1.54) is 10.5 Å². The highest BCUT2D eigenvalue weighted by molar-refractivity contribution is 6.31. The first-order valence-electron chi connectivity index (χ1n) is 8.44. The summed E-state index contributed by atoms with van der Waals surface area (Å²) >= 11 is 6.30. The topological polar surface area (TPSA) is 43.8 Å². The molecule has 1 saturated heterocycles. The van der Waals surface area contributed by atoms with Gasteiger partial charge in [-0.15, -0.1) is 0 Å². The van der Waals surface area contributed by atoms with Crippen molar-refractivity contribution in [2.45, 2.75) is 25.4 Å². The number of nitrogens with zero attached hydrogens (tertiary/aromatic N) is 2. The van der Waals surface area contributed by atoms with Gasteiger partial charge in [-0.05, 0) is 29.7 Å². The Bertz CT molecular complexity index is 751. The number of likely N-dealkylation sites (tertiary alicyclic amines) is 1. The van der Waals surface area contributed by atoms with E-state index in [1.807, 2.05) is 37.3 Å². The monoisotopic (exact) mass is 358 g/mol. The van der Waals surface area contributed by atoms with E-state index in [-0.39, 0.29) is 12.0 Å². The van der Waals surface area contributed by atoms with E-state index >= 15 is 0 Å². The molecule has 4 nitrogen and oxygen atoms in total. The van der Waals surface area contributed by atoms with Crippen molar-refractivity contribution in [2.24, 2.45) is 0 Å². The Balaban J connectivity index is 1.85. The average Bonchev–Trinajstić information content (AvgIpc) is 3.01. The summed E-state index contributed by atoms with van der Waals surface area (Å²) in [6, 6.07) is 16.3. The molecule has 2 aromatic rings. The quantitative estimate of drug-likeness (QED) is 0.889. The maximum Gasteiger partial charge on any atom is 0.407 e. The van der Waals surface area contributed by atoms with E-state index in [1.54, 1.807) is 7.05 Å². The summed E-state index contributed by atoms with van der Waals surface area (Å²) < 4.78 is 0. The van der Waals surface area contributed by atoms with Crippen molar-refractivity contribution in [1.82, 2.24) is 9.80 Å². The second-order valence-corrected chi connectivity index (χ2v) is 7.16. The van der Waals surface area contributed by atoms with Crippen molar-refractivity contribution >= 4 is 17.7 Å². The van der Waals surface area contributed by atoms with Gasteiger partial charge in [0.15, 0.2) is 0 Å². The summed E-state index contributed by atoms with van der Waals surface area (Å²) in [6.07, 6.45) is -0.894. The number of hydrogen-bond donors (Lipinski definition) is 1. The second kappa shape index (κ2) is 7.46. The lowest BCUT2D eigenvalue weighted by Gasteiger charge is -2.27. The predicted octanol–water partition coefficient (Wildman–Crippen LogP) is 4.23. The molecule has 1 aliphatic rings. The lowest BCUT2D eigenvalue weighted by molar-refractivity contribution is 0.135. The summed E-state index contributed by atoms with van der Waals surface area (Å²) in [4.78, 5) is 15.3. The molecule has 0 aromatic heterocycles. The standard InChI is InChI=1S/C20H23ClN2O2/c1-14-8-9-16(10-18(14)21)17-12-23(11-15-6-4-3-5-7-15)13-19(17)22(2)20(24)25/h3-10,17,19H,11-13H2,1-2H3,(H,24,25)/t17-,19+/m1/s1. The molecule has 2 aromatic carbocycles. The van der Waals surface area contributed by atoms with E-state index in [0.717, 1.165) is 29.2 Å². The molecule has 132 valence electrons. The van der Waals surface area contributed by atoms with Crippen LogP contribution in [-0.2, 0) is 6.54 Å². The summed E-state index contributed by atoms with van der Waals surface area (Å²) in [5.41, 5.74) is 3.37. The Morgan fingerprint density at radius 2 is 1.96 bits per heavy atom. The first-order valence-corrected chi connectivity index (χ1v) is 8.81. The molecular weight excluding hydrogens is 336 g/mol. The van der Waals surface area contributed by atoms with Crippen LogP contribution in [0.3, 0.4) is 0 Å². The molecule has 1 fully saturated rings. The van der Waals surface area contributed by atoms with Gasteiger partial charge in [0.2, 0.25) is 0 Å². The summed E-state index contributed by atoms with van der Waals surface area (Å²) in [5, 5.41) is 10.2. The smallest absolute Gasteiger partial charge is 0.407 e. The molecule has 25 heavy (non-hydrogen) atoms. The molecule has 0 spiro atoms. The third-order valence-corrected chi connectivity index (χ3v) is 5.44. The van der Waals surface area contributed by atoms with Crippen molar-refractivity contribution in [3.05, 3.63) is 70.2 Å². The molecule has 1 aliphatic heterocycles. The van der Waals surface area contributed by atoms with E-state index in [0.29, 0.717) is 6.54 Å². The van der Waals surface area contributed by atoms with Crippen LogP contribution in [0.25, 0.3) is 0 Å². The predicted molar refractivity (Wildman–Crippen MR) is 100 cm³/mol. The molecule has 0 aliphatic carbocycles. The molecule has 0 saturated carbocycles. The van der Waals surface area contributed by atoms with Crippen LogP contribution in [0.2, 0.25) is 5.02 Å². The Labute approximate surface area is 153 Å². The Morgan fingerprint density at radius 1 is 1.24 bits per heavy atom. The normalized spacial score (nSPS) is 20.6. The minimum absolute atomic E-state index is 0.0833. The lowest BCUT2D eigenvalue weighted by Crippen LogP contribution is -2.40. The first kappa shape index (κ1) is 17.8. The van der Waals surface area contributed by atoms with Crippen LogP contribution >= 0.6 is 11.6 Å². The third kappa shape index (κ3) is 3.97. The molecule has 5 heteroatoms. The molecule has 0 radical (unpaired) electrons. The van der Waals surface area contributed by atoms with Gasteiger partial charge in [0.25, 0.3) is 0 Å². The summed E-state index contributed by atoms with van der Waals surface area (Å²) in [6.45, 7) is 4.33. The maximum atomic E-state index is 11.5. The maximum absolute atomic E-state index is 11.5. The van der Waals surface area contributed by atoms with Crippen LogP contribution in [0.15, 0.2) is 48.5 Å². The number of carboxylic acid groups (broad SMARTS) is 1. The van der Waals surface area contributed by atoms with Gasteiger partial charge < -0.3 is 10.0 Å². The Morgan fingerprint density at radius 3 is 2.60 bits per heavy atom. The summed E-state index contributed by atoms with van der Waals surface area (Å²) in [7, 11) is 1.65. The van der Waals surface area contributed by atoms with Gasteiger partial charge in [0.1, 0.15) is 0 Å². The number of aryl methyl sites for hydroxylation is 1. The van der Waals surface area contributed by atoms with Crippen LogP contribution in [0.4, 0.5) is 4.79 Å². The Hall–Kier alpha value is -2.04. The number of benzene rings is 2. The minimum Gasteiger partial charge on any atom is -0.465 e. The van der Waals surface area contributed by atoms with Crippen molar-refractivity contribution < 1.29 is 9.90 Å². The lowest BCUT2D eigenvalue weighted by atomic mass is 9.93. The molecule has 1 heterocycles. The van der Waals surface area contributed by atoms with Gasteiger partial charge in [-0.1, -0.05) is 54.1 Å². The highest BCUT2D eigenvalue weighted by Gasteiger charge is 2.38. The van der Waals surface area contributed by atoms with Gasteiger partial charge in [-0.25, -0.2) is 4.79 Å². The van der Waals surface area contributed by atoms with E-state index in [2.05, 4.69) is 23.1 Å². The highest BCUT2D eigenvalue weighted by atomic mass is 35.5. The molecule has 1 amide bonds. The van der Waals surface area contributed by atoms with E-state index < -0.39 is 6.09 Å². The van der Waals surface area contributed by atoms with Crippen LogP contribution < -0.4 is 0 Å². The SMILES string of the molecule is Cc1ccc([C@H]2CN(Cc3ccccc3)C[C@@H]2N(C)C(=O)O)cc1Cl. The first-order chi connectivity index (χ1) is 12.0. The minimum atomic E-state index is -0.894. The van der Waals surface area contributed by atoms with Gasteiger partial charge in [-0.3, -0.25) is 4.90 Å². The number of carbonyl (C=O) groups is 1. The number of amides is 1. The molecule has 2 atom stereocenters. The molecular formula is C20H23ClN2O2. The van der Waals surface area contributed by atoms with Crippen LogP contribution in [0.1, 0.15) is 22.6 Å². The van der Waals surface area contributed by atoms with Gasteiger partial charge >= 0.3 is 6.09 Å². The van der Waals surface area contributed by atoms with E-state index in [4.69, 9.17) is 11.6 Å². The van der Waals surface area contributed by atoms with Crippen molar-refractivity contribution in [3.63, 3.8) is 0 Å². The van der Waals surface area contributed by atoms with Crippen LogP contribution in [0.5, 0.6) is 0 Å². The summed E-state index contributed by atoms with van der Waals surface area (Å²) in [5.74, 6) is 0.114. The van der Waals surface area contributed by atoms with Crippen molar-refractivity contribution in [3.8, 4) is 0 Å². The molecule has 0 bridgehead atoms. The highest BCUT2D eigenvalue weighted by Crippen LogP contribution is 2.33. The average molecular weight is 359 g/mol. The second-order valence-electron chi connectivity index (χ2n) is 6.76. The number of halogens is 1. The number of likely N-dealkylation sites (N-methyl/N-ethyl adjacent to an activating group) is 1. The molecule has 1 N–H and O–H groups in total. The fraction of sp³-hybridized carbons (Fsp3) is 0.350. The van der Waals surface area contributed by atoms with Crippen LogP contribution in [0, 0.1) is 6.92 Å². The molecule has 0 unspecified atom stereocenters. The Kier molecular flexibility index (Phi) is 5.30. The van der Waals surface area contributed by atoms with Gasteiger partial charge in [-0.2, -0.15) is 0 Å². The van der Waals surface area contributed by atoms with Crippen molar-refractivity contribution in [1.29, 1.82) is 0 Å². The largest absolute Gasteiger partial charge is 0.465 e. The fourth-order valence-corrected chi connectivity index (χ4v) is 3.73.